The third-order valence-electron chi connectivity index (χ3n) is 7.13. The first-order valence-corrected chi connectivity index (χ1v) is 13.2. The number of hydrogen-bond acceptors (Lipinski definition) is 6. The fourth-order valence-corrected chi connectivity index (χ4v) is 6.12. The Labute approximate surface area is 220 Å². The summed E-state index contributed by atoms with van der Waals surface area (Å²) >= 11 is 1.58. The van der Waals surface area contributed by atoms with Gasteiger partial charge in [-0.1, -0.05) is 12.1 Å². The maximum Gasteiger partial charge on any atom is 0.254 e. The van der Waals surface area contributed by atoms with Crippen LogP contribution in [0.15, 0.2) is 66.7 Å². The number of aromatic amines is 1. The Bertz CT molecular complexity index is 1810. The number of amides is 1. The first-order chi connectivity index (χ1) is 18.6. The molecule has 1 aliphatic heterocycles. The number of carbonyl (C=O) groups excluding carboxylic acids is 1. The lowest BCUT2D eigenvalue weighted by molar-refractivity contribution is 0.0735. The average Bonchev–Trinajstić information content (AvgIpc) is 3.74. The van der Waals surface area contributed by atoms with E-state index < -0.39 is 5.82 Å². The number of fused-ring (bicyclic) bond motifs is 3. The fraction of sp³-hybridized carbons (Fsp3) is 0.179. The third-order valence-corrected chi connectivity index (χ3v) is 8.01. The molecule has 8 nitrogen and oxygen atoms in total. The van der Waals surface area contributed by atoms with Gasteiger partial charge in [-0.3, -0.25) is 14.5 Å². The Morgan fingerprint density at radius 3 is 2.74 bits per heavy atom. The van der Waals surface area contributed by atoms with Crippen LogP contribution in [0.3, 0.4) is 0 Å². The molecule has 38 heavy (non-hydrogen) atoms. The number of pyridine rings is 2. The molecule has 0 saturated carbocycles. The van der Waals surface area contributed by atoms with Crippen molar-refractivity contribution in [3.05, 3.63) is 83.1 Å². The van der Waals surface area contributed by atoms with Crippen molar-refractivity contribution in [1.82, 2.24) is 34.6 Å². The molecule has 5 aromatic heterocycles. The smallest absolute Gasteiger partial charge is 0.254 e. The van der Waals surface area contributed by atoms with Crippen LogP contribution in [-0.4, -0.2) is 47.1 Å². The average molecular weight is 524 g/mol. The topological polar surface area (TPSA) is 92.6 Å². The van der Waals surface area contributed by atoms with Crippen molar-refractivity contribution in [2.75, 3.05) is 6.54 Å². The van der Waals surface area contributed by atoms with Crippen LogP contribution >= 0.6 is 11.3 Å². The van der Waals surface area contributed by atoms with Crippen LogP contribution in [0.25, 0.3) is 44.3 Å². The van der Waals surface area contributed by atoms with Crippen molar-refractivity contribution >= 4 is 39.2 Å². The molecule has 0 spiro atoms. The van der Waals surface area contributed by atoms with Crippen molar-refractivity contribution in [3.8, 4) is 22.4 Å². The molecule has 188 valence electrons. The third kappa shape index (κ3) is 3.67. The van der Waals surface area contributed by atoms with Crippen molar-refractivity contribution in [1.29, 1.82) is 0 Å². The first kappa shape index (κ1) is 22.7. The van der Waals surface area contributed by atoms with E-state index in [1.54, 1.807) is 46.7 Å². The molecule has 1 aromatic carbocycles. The fourth-order valence-electron chi connectivity index (χ4n) is 5.34. The second-order valence-electron chi connectivity index (χ2n) is 9.45. The molecule has 1 aliphatic rings. The molecule has 1 fully saturated rings. The Kier molecular flexibility index (Phi) is 5.29. The Balaban J connectivity index is 1.28. The molecule has 1 amide bonds. The van der Waals surface area contributed by atoms with Crippen LogP contribution in [0.1, 0.15) is 34.2 Å². The van der Waals surface area contributed by atoms with E-state index in [0.29, 0.717) is 34.3 Å². The number of likely N-dealkylation sites (tertiary alicyclic amines) is 1. The molecule has 0 aliphatic carbocycles. The molecule has 6 heterocycles. The molecular weight excluding hydrogens is 501 g/mol. The van der Waals surface area contributed by atoms with E-state index in [1.807, 2.05) is 41.7 Å². The van der Waals surface area contributed by atoms with Gasteiger partial charge in [0.2, 0.25) is 0 Å². The zero-order chi connectivity index (χ0) is 25.8. The van der Waals surface area contributed by atoms with Gasteiger partial charge >= 0.3 is 0 Å². The standard InChI is InChI=1S/C28H22FN7OS/c1-35-15-18(12-33-35)21-11-19-22(14-31-21)34-26-25(19)24(20(29)13-32-26)16-4-6-17(7-5-16)28(37)36-9-2-3-23(36)27-30-8-10-38-27/h4-8,10-15,23H,2-3,9H2,1H3,(H,32,34). The summed E-state index contributed by atoms with van der Waals surface area (Å²) < 4.78 is 17.1. The highest BCUT2D eigenvalue weighted by molar-refractivity contribution is 7.09. The second-order valence-corrected chi connectivity index (χ2v) is 10.4. The molecule has 0 radical (unpaired) electrons. The molecule has 1 N–H and O–H groups in total. The number of aromatic nitrogens is 6. The van der Waals surface area contributed by atoms with Crippen LogP contribution in [0.5, 0.6) is 0 Å². The zero-order valence-corrected chi connectivity index (χ0v) is 21.2. The Morgan fingerprint density at radius 1 is 1.11 bits per heavy atom. The summed E-state index contributed by atoms with van der Waals surface area (Å²) in [6, 6.07) is 9.10. The van der Waals surface area contributed by atoms with Crippen LogP contribution in [0.4, 0.5) is 4.39 Å². The molecule has 1 unspecified atom stereocenters. The van der Waals surface area contributed by atoms with E-state index in [-0.39, 0.29) is 11.9 Å². The Morgan fingerprint density at radius 2 is 1.97 bits per heavy atom. The SMILES string of the molecule is Cn1cc(-c2cc3c(cn2)[nH]c2ncc(F)c(-c4ccc(C(=O)N5CCCC5c5nccs5)cc4)c23)cn1. The number of carbonyl (C=O) groups is 1. The maximum absolute atomic E-state index is 15.4. The Hall–Kier alpha value is -4.44. The lowest BCUT2D eigenvalue weighted by Crippen LogP contribution is -2.30. The highest BCUT2D eigenvalue weighted by Crippen LogP contribution is 2.38. The van der Waals surface area contributed by atoms with Crippen molar-refractivity contribution in [2.24, 2.45) is 7.05 Å². The minimum absolute atomic E-state index is 0.00767. The van der Waals surface area contributed by atoms with Gasteiger partial charge in [0.25, 0.3) is 5.91 Å². The summed E-state index contributed by atoms with van der Waals surface area (Å²) in [5.41, 5.74) is 4.63. The molecular formula is C28H22FN7OS. The van der Waals surface area contributed by atoms with E-state index >= 15 is 4.39 Å². The molecule has 6 aromatic rings. The summed E-state index contributed by atoms with van der Waals surface area (Å²) in [6.45, 7) is 0.701. The van der Waals surface area contributed by atoms with Gasteiger partial charge in [-0.25, -0.2) is 14.4 Å². The van der Waals surface area contributed by atoms with Crippen LogP contribution in [-0.2, 0) is 7.05 Å². The van der Waals surface area contributed by atoms with E-state index in [4.69, 9.17) is 0 Å². The van der Waals surface area contributed by atoms with E-state index in [9.17, 15) is 4.79 Å². The number of thiazole rings is 1. The predicted molar refractivity (Wildman–Crippen MR) is 144 cm³/mol. The van der Waals surface area contributed by atoms with Crippen LogP contribution < -0.4 is 0 Å². The number of aryl methyl sites for hydroxylation is 1. The number of benzene rings is 1. The van der Waals surface area contributed by atoms with Gasteiger partial charge in [0, 0.05) is 58.8 Å². The minimum Gasteiger partial charge on any atom is -0.338 e. The second kappa shape index (κ2) is 8.84. The predicted octanol–water partition coefficient (Wildman–Crippen LogP) is 5.75. The number of hydrogen-bond donors (Lipinski definition) is 1. The monoisotopic (exact) mass is 523 g/mol. The summed E-state index contributed by atoms with van der Waals surface area (Å²) in [7, 11) is 1.85. The van der Waals surface area contributed by atoms with Gasteiger partial charge in [0.1, 0.15) is 16.5 Å². The number of H-pyrrole nitrogens is 1. The highest BCUT2D eigenvalue weighted by Gasteiger charge is 2.32. The molecule has 1 atom stereocenters. The van der Waals surface area contributed by atoms with Gasteiger partial charge in [-0.2, -0.15) is 5.10 Å². The molecule has 1 saturated heterocycles. The van der Waals surface area contributed by atoms with E-state index in [2.05, 4.69) is 25.0 Å². The molecule has 10 heteroatoms. The van der Waals surface area contributed by atoms with Gasteiger partial charge in [-0.15, -0.1) is 11.3 Å². The summed E-state index contributed by atoms with van der Waals surface area (Å²) in [4.78, 5) is 31.8. The number of nitrogens with zero attached hydrogens (tertiary/aromatic N) is 6. The van der Waals surface area contributed by atoms with Crippen LogP contribution in [0.2, 0.25) is 0 Å². The lowest BCUT2D eigenvalue weighted by Gasteiger charge is -2.23. The quantitative estimate of drug-likeness (QED) is 0.318. The van der Waals surface area contributed by atoms with Gasteiger partial charge < -0.3 is 9.88 Å². The molecule has 0 bridgehead atoms. The van der Waals surface area contributed by atoms with Crippen molar-refractivity contribution in [3.63, 3.8) is 0 Å². The van der Waals surface area contributed by atoms with Gasteiger partial charge in [-0.05, 0) is 36.6 Å². The van der Waals surface area contributed by atoms with E-state index in [0.717, 1.165) is 40.0 Å². The number of nitrogens with one attached hydrogen (secondary N) is 1. The summed E-state index contributed by atoms with van der Waals surface area (Å²) in [5.74, 6) is -0.463. The summed E-state index contributed by atoms with van der Waals surface area (Å²) in [5, 5.41) is 8.64. The minimum atomic E-state index is -0.430. The normalized spacial score (nSPS) is 15.6. The number of halogens is 1. The number of rotatable bonds is 4. The van der Waals surface area contributed by atoms with Gasteiger partial charge in [0.05, 0.1) is 35.8 Å². The largest absolute Gasteiger partial charge is 0.338 e. The maximum atomic E-state index is 15.4. The summed E-state index contributed by atoms with van der Waals surface area (Å²) in [6.07, 6.45) is 10.2. The highest BCUT2D eigenvalue weighted by atomic mass is 32.1. The van der Waals surface area contributed by atoms with Gasteiger partial charge in [0.15, 0.2) is 0 Å². The first-order valence-electron chi connectivity index (χ1n) is 12.3. The lowest BCUT2D eigenvalue weighted by atomic mass is 9.99. The van der Waals surface area contributed by atoms with Crippen molar-refractivity contribution < 1.29 is 9.18 Å². The van der Waals surface area contributed by atoms with Crippen LogP contribution in [0, 0.1) is 5.82 Å². The zero-order valence-electron chi connectivity index (χ0n) is 20.4. The molecule has 7 rings (SSSR count). The van der Waals surface area contributed by atoms with E-state index in [1.165, 1.54) is 6.20 Å². The van der Waals surface area contributed by atoms with Crippen molar-refractivity contribution in [2.45, 2.75) is 18.9 Å².